The van der Waals surface area contributed by atoms with Gasteiger partial charge in [0.15, 0.2) is 0 Å². The molecule has 0 spiro atoms. The molecule has 0 amide bonds. The van der Waals surface area contributed by atoms with Gasteiger partial charge in [-0.3, -0.25) is 4.21 Å². The van der Waals surface area contributed by atoms with Crippen molar-refractivity contribution in [1.29, 1.82) is 0 Å². The molecule has 4 aromatic rings. The number of aromatic amines is 1. The second-order valence-corrected chi connectivity index (χ2v) is 14.5. The molecular weight excluding hydrogens is 733 g/mol. The van der Waals surface area contributed by atoms with E-state index >= 15 is 0 Å². The van der Waals surface area contributed by atoms with Gasteiger partial charge in [0.25, 0.3) is 0 Å². The van der Waals surface area contributed by atoms with Gasteiger partial charge in [0, 0.05) is 47.2 Å². The highest BCUT2D eigenvalue weighted by Crippen LogP contribution is 2.55. The number of rotatable bonds is 14. The zero-order valence-corrected chi connectivity index (χ0v) is 27.5. The Bertz CT molecular complexity index is 1980. The summed E-state index contributed by atoms with van der Waals surface area (Å²) in [6, 6.07) is 6.65. The van der Waals surface area contributed by atoms with E-state index in [2.05, 4.69) is 14.2 Å². The van der Waals surface area contributed by atoms with Gasteiger partial charge in [-0.05, 0) is 73.4 Å². The second-order valence-electron chi connectivity index (χ2n) is 12.0. The summed E-state index contributed by atoms with van der Waals surface area (Å²) >= 11 is -2.65. The van der Waals surface area contributed by atoms with Crippen molar-refractivity contribution in [3.05, 3.63) is 54.4 Å². The third kappa shape index (κ3) is 6.68. The van der Waals surface area contributed by atoms with Gasteiger partial charge in [0.05, 0.1) is 11.3 Å². The highest BCUT2D eigenvalue weighted by Gasteiger charge is 2.86. The molecule has 2 aromatic heterocycles. The van der Waals surface area contributed by atoms with E-state index in [1.807, 2.05) is 13.8 Å². The van der Waals surface area contributed by atoms with E-state index in [-0.39, 0.29) is 35.2 Å². The molecule has 1 unspecified atom stereocenters. The van der Waals surface area contributed by atoms with Crippen molar-refractivity contribution in [3.63, 3.8) is 0 Å². The topological polar surface area (TPSA) is 129 Å². The highest BCUT2D eigenvalue weighted by atomic mass is 32.2. The van der Waals surface area contributed by atoms with E-state index in [1.165, 1.54) is 16.7 Å². The summed E-state index contributed by atoms with van der Waals surface area (Å²) in [4.78, 5) is 7.17. The van der Waals surface area contributed by atoms with Crippen molar-refractivity contribution in [3.8, 4) is 28.5 Å². The van der Waals surface area contributed by atoms with Gasteiger partial charge in [0.2, 0.25) is 0 Å². The first-order valence-electron chi connectivity index (χ1n) is 14.8. The third-order valence-corrected chi connectivity index (χ3v) is 9.97. The molecule has 2 heterocycles. The molecule has 5 rings (SSSR count). The van der Waals surface area contributed by atoms with Crippen LogP contribution in [0.2, 0.25) is 0 Å². The van der Waals surface area contributed by atoms with Gasteiger partial charge >= 0.3 is 33.4 Å². The van der Waals surface area contributed by atoms with Crippen molar-refractivity contribution in [2.45, 2.75) is 68.7 Å². The Morgan fingerprint density at radius 2 is 1.68 bits per heavy atom. The monoisotopic (exact) mass is 760 g/mol. The fourth-order valence-electron chi connectivity index (χ4n) is 5.20. The first kappa shape index (κ1) is 37.5. The zero-order valence-electron chi connectivity index (χ0n) is 25.9. The largest absolute Gasteiger partial charge is 0.755 e. The van der Waals surface area contributed by atoms with Crippen LogP contribution in [-0.4, -0.2) is 57.0 Å². The lowest BCUT2D eigenvalue weighted by atomic mass is 10.00. The second kappa shape index (κ2) is 13.1. The molecular formula is C30H27F9N3O6S2-. The number of halogens is 9. The van der Waals surface area contributed by atoms with E-state index in [9.17, 15) is 56.7 Å². The number of benzene rings is 2. The van der Waals surface area contributed by atoms with E-state index < -0.39 is 50.4 Å². The van der Waals surface area contributed by atoms with Crippen LogP contribution >= 0.6 is 0 Å². The van der Waals surface area contributed by atoms with E-state index in [0.717, 1.165) is 37.0 Å². The Labute approximate surface area is 281 Å². The lowest BCUT2D eigenvalue weighted by Crippen LogP contribution is -2.63. The van der Waals surface area contributed by atoms with E-state index in [1.54, 1.807) is 12.1 Å². The SMILES string of the molecule is CC(C)CCCN(c1cc2oc(-c3ccc(OS(=O)(=O)C(F)(F)C(F)(F)C(F)(F)C(F)(F)F)cc3)c(-c3ncc[nH]3)c2cc1C1CC1)S(=O)[O-]. The Hall–Kier alpha value is -3.78. The van der Waals surface area contributed by atoms with Crippen molar-refractivity contribution in [1.82, 2.24) is 9.97 Å². The first-order valence-corrected chi connectivity index (χ1v) is 17.3. The van der Waals surface area contributed by atoms with Crippen molar-refractivity contribution in [2.75, 3.05) is 10.8 Å². The summed E-state index contributed by atoms with van der Waals surface area (Å²) in [5.74, 6) is -15.3. The number of imidazole rings is 1. The molecule has 2 aromatic carbocycles. The van der Waals surface area contributed by atoms with Gasteiger partial charge in [-0.2, -0.15) is 47.9 Å². The number of anilines is 1. The van der Waals surface area contributed by atoms with E-state index in [4.69, 9.17) is 4.42 Å². The molecule has 0 saturated heterocycles. The van der Waals surface area contributed by atoms with E-state index in [0.29, 0.717) is 41.1 Å². The Kier molecular flexibility index (Phi) is 9.80. The molecule has 1 aliphatic rings. The summed E-state index contributed by atoms with van der Waals surface area (Å²) in [7, 11) is -7.15. The van der Waals surface area contributed by atoms with Gasteiger partial charge in [0.1, 0.15) is 22.9 Å². The van der Waals surface area contributed by atoms with Crippen LogP contribution in [0.3, 0.4) is 0 Å². The van der Waals surface area contributed by atoms with Gasteiger partial charge in [-0.25, -0.2) is 4.98 Å². The fourth-order valence-corrected chi connectivity index (χ4v) is 6.71. The fraction of sp³-hybridized carbons (Fsp3) is 0.433. The standard InChI is InChI=1S/C30H28F9N3O6S2/c1-16(2)4-3-13-42(49(43)44)22-15-23-21(14-20(22)17-5-6-17)24(26-40-11-12-41-26)25(47-23)18-7-9-19(10-8-18)48-50(45,46)30(38,39)28(33,34)27(31,32)29(35,36)37/h7-12,14-17H,3-6,13H2,1-2H3,(H,40,41)(H,43,44)/p-1. The number of fused-ring (bicyclic) bond motifs is 1. The maximum Gasteiger partial charge on any atom is 0.460 e. The van der Waals surface area contributed by atoms with Crippen LogP contribution in [0.1, 0.15) is 51.0 Å². The van der Waals surface area contributed by atoms with Gasteiger partial charge in [-0.1, -0.05) is 13.8 Å². The van der Waals surface area contributed by atoms with Crippen LogP contribution in [-0.2, 0) is 21.4 Å². The number of furan rings is 1. The minimum Gasteiger partial charge on any atom is -0.755 e. The molecule has 1 N–H and O–H groups in total. The van der Waals surface area contributed by atoms with Crippen LogP contribution in [0.4, 0.5) is 45.2 Å². The minimum absolute atomic E-state index is 0.0412. The normalized spacial score (nSPS) is 15.5. The molecule has 20 heteroatoms. The maximum atomic E-state index is 14.2. The summed E-state index contributed by atoms with van der Waals surface area (Å²) in [6.07, 6.45) is -1.37. The number of hydrogen-bond donors (Lipinski definition) is 1. The predicted molar refractivity (Wildman–Crippen MR) is 162 cm³/mol. The lowest BCUT2D eigenvalue weighted by molar-refractivity contribution is -0.382. The van der Waals surface area contributed by atoms with Crippen molar-refractivity contribution >= 4 is 38.0 Å². The molecule has 1 fully saturated rings. The molecule has 50 heavy (non-hydrogen) atoms. The molecule has 9 nitrogen and oxygen atoms in total. The summed E-state index contributed by atoms with van der Waals surface area (Å²) in [5, 5.41) is -6.55. The number of alkyl halides is 9. The molecule has 274 valence electrons. The minimum atomic E-state index is -7.45. The van der Waals surface area contributed by atoms with Crippen molar-refractivity contribution < 1.29 is 65.3 Å². The van der Waals surface area contributed by atoms with Crippen LogP contribution in [0.5, 0.6) is 5.75 Å². The van der Waals surface area contributed by atoms with Crippen LogP contribution < -0.4 is 8.49 Å². The van der Waals surface area contributed by atoms with Crippen molar-refractivity contribution in [2.24, 2.45) is 5.92 Å². The average molecular weight is 761 g/mol. The van der Waals surface area contributed by atoms with Crippen LogP contribution in [0.15, 0.2) is 53.2 Å². The van der Waals surface area contributed by atoms with Crippen LogP contribution in [0.25, 0.3) is 33.7 Å². The summed E-state index contributed by atoms with van der Waals surface area (Å²) < 4.78 is 180. The molecule has 0 aliphatic heterocycles. The maximum absolute atomic E-state index is 14.2. The number of nitrogens with zero attached hydrogens (tertiary/aromatic N) is 2. The number of hydrogen-bond acceptors (Lipinski definition) is 7. The van der Waals surface area contributed by atoms with Gasteiger partial charge in [-0.15, -0.1) is 0 Å². The third-order valence-electron chi connectivity index (χ3n) is 7.93. The first-order chi connectivity index (χ1) is 23.1. The zero-order chi connectivity index (χ0) is 37.0. The predicted octanol–water partition coefficient (Wildman–Crippen LogP) is 8.54. The molecule has 0 bridgehead atoms. The van der Waals surface area contributed by atoms with Crippen LogP contribution in [0, 0.1) is 5.92 Å². The molecule has 1 atom stereocenters. The lowest BCUT2D eigenvalue weighted by Gasteiger charge is -2.32. The summed E-state index contributed by atoms with van der Waals surface area (Å²) in [5.41, 5.74) is 1.75. The molecule has 1 aliphatic carbocycles. The number of nitrogens with one attached hydrogen (secondary N) is 1. The molecule has 0 radical (unpaired) electrons. The van der Waals surface area contributed by atoms with Gasteiger partial charge < -0.3 is 22.4 Å². The molecule has 1 saturated carbocycles. The number of H-pyrrole nitrogens is 1. The Morgan fingerprint density at radius 3 is 2.20 bits per heavy atom. The smallest absolute Gasteiger partial charge is 0.460 e. The average Bonchev–Trinajstić information content (AvgIpc) is 3.58. The quantitative estimate of drug-likeness (QED) is 0.0775. The Morgan fingerprint density at radius 1 is 1.04 bits per heavy atom. The Balaban J connectivity index is 1.54. The number of aromatic nitrogens is 2. The highest BCUT2D eigenvalue weighted by molar-refractivity contribution is 7.88. The summed E-state index contributed by atoms with van der Waals surface area (Å²) in [6.45, 7) is 4.21.